The Kier molecular flexibility index (Phi) is 6.11. The molecule has 0 amide bonds. The van der Waals surface area contributed by atoms with Crippen LogP contribution in [0.25, 0.3) is 0 Å². The summed E-state index contributed by atoms with van der Waals surface area (Å²) in [7, 11) is 3.14. The van der Waals surface area contributed by atoms with Gasteiger partial charge in [-0.15, -0.1) is 0 Å². The van der Waals surface area contributed by atoms with Crippen LogP contribution in [0.3, 0.4) is 0 Å². The van der Waals surface area contributed by atoms with Gasteiger partial charge in [-0.05, 0) is 38.7 Å². The van der Waals surface area contributed by atoms with E-state index in [1.165, 1.54) is 7.11 Å². The fourth-order valence-electron chi connectivity index (χ4n) is 3.28. The van der Waals surface area contributed by atoms with Gasteiger partial charge in [-0.25, -0.2) is 4.79 Å². The van der Waals surface area contributed by atoms with Crippen molar-refractivity contribution >= 4 is 17.7 Å². The number of Topliss-reactive ketones (excluding diaryl/α,β-unsaturated/α-hetero) is 1. The molecule has 0 saturated heterocycles. The molecule has 0 bridgehead atoms. The first-order valence-electron chi connectivity index (χ1n) is 8.26. The third-order valence-corrected chi connectivity index (χ3v) is 4.54. The van der Waals surface area contributed by atoms with Crippen LogP contribution in [0, 0.1) is 5.92 Å². The molecule has 0 radical (unpaired) electrons. The number of ketones is 1. The van der Waals surface area contributed by atoms with Crippen LogP contribution in [-0.2, 0) is 26.1 Å². The zero-order valence-corrected chi connectivity index (χ0v) is 14.4. The predicted octanol–water partition coefficient (Wildman–Crippen LogP) is 2.00. The lowest BCUT2D eigenvalue weighted by Gasteiger charge is -2.27. The molecule has 1 aromatic rings. The first kappa shape index (κ1) is 18.2. The highest BCUT2D eigenvalue weighted by atomic mass is 16.5. The van der Waals surface area contributed by atoms with Crippen molar-refractivity contribution in [2.45, 2.75) is 44.9 Å². The fourth-order valence-corrected chi connectivity index (χ4v) is 3.28. The second kappa shape index (κ2) is 8.08. The molecule has 0 unspecified atom stereocenters. The number of ether oxygens (including phenoxy) is 2. The number of carbonyl (C=O) groups excluding carboxylic acids is 3. The number of carbonyl (C=O) groups is 3. The smallest absolute Gasteiger partial charge is 0.358 e. The summed E-state index contributed by atoms with van der Waals surface area (Å²) in [6.45, 7) is 2.02. The van der Waals surface area contributed by atoms with Gasteiger partial charge < -0.3 is 9.47 Å². The average molecular weight is 336 g/mol. The topological polar surface area (TPSA) is 87.5 Å². The molecule has 0 N–H and O–H groups in total. The molecule has 7 heteroatoms. The van der Waals surface area contributed by atoms with Crippen molar-refractivity contribution in [1.82, 2.24) is 9.78 Å². The van der Waals surface area contributed by atoms with Crippen molar-refractivity contribution in [3.05, 3.63) is 17.5 Å². The molecule has 1 fully saturated rings. The minimum atomic E-state index is -0.449. The molecule has 2 rings (SSSR count). The number of esters is 2. The molecule has 0 aliphatic heterocycles. The Labute approximate surface area is 141 Å². The molecular formula is C17H24N2O5. The summed E-state index contributed by atoms with van der Waals surface area (Å²) in [4.78, 5) is 35.1. The Morgan fingerprint density at radius 2 is 1.92 bits per heavy atom. The summed E-state index contributed by atoms with van der Waals surface area (Å²) < 4.78 is 11.2. The summed E-state index contributed by atoms with van der Waals surface area (Å²) in [5, 5.41) is 4.18. The van der Waals surface area contributed by atoms with Crippen LogP contribution in [0.1, 0.15) is 61.1 Å². The highest BCUT2D eigenvalue weighted by Crippen LogP contribution is 2.36. The van der Waals surface area contributed by atoms with E-state index >= 15 is 0 Å². The van der Waals surface area contributed by atoms with E-state index in [-0.39, 0.29) is 24.0 Å². The molecule has 132 valence electrons. The number of methoxy groups -OCH3 is 1. The van der Waals surface area contributed by atoms with Gasteiger partial charge >= 0.3 is 11.9 Å². The summed E-state index contributed by atoms with van der Waals surface area (Å²) in [6.07, 6.45) is 3.00. The van der Waals surface area contributed by atoms with E-state index in [4.69, 9.17) is 9.47 Å². The minimum Gasteiger partial charge on any atom is -0.466 e. The Bertz CT molecular complexity index is 614. The number of rotatable bonds is 6. The van der Waals surface area contributed by atoms with E-state index in [1.54, 1.807) is 24.7 Å². The largest absolute Gasteiger partial charge is 0.466 e. The number of hydrogen-bond acceptors (Lipinski definition) is 6. The molecule has 24 heavy (non-hydrogen) atoms. The maximum atomic E-state index is 12.1. The number of hydrogen-bond donors (Lipinski definition) is 0. The maximum Gasteiger partial charge on any atom is 0.358 e. The van der Waals surface area contributed by atoms with Gasteiger partial charge in [0, 0.05) is 24.6 Å². The van der Waals surface area contributed by atoms with Crippen LogP contribution in [0.4, 0.5) is 0 Å². The van der Waals surface area contributed by atoms with Gasteiger partial charge in [0.1, 0.15) is 12.2 Å². The number of aromatic nitrogens is 2. The molecule has 1 aliphatic rings. The Morgan fingerprint density at radius 3 is 2.50 bits per heavy atom. The predicted molar refractivity (Wildman–Crippen MR) is 85.5 cm³/mol. The van der Waals surface area contributed by atoms with Crippen molar-refractivity contribution in [2.24, 2.45) is 13.0 Å². The van der Waals surface area contributed by atoms with Crippen molar-refractivity contribution in [2.75, 3.05) is 13.7 Å². The van der Waals surface area contributed by atoms with Gasteiger partial charge in [0.25, 0.3) is 0 Å². The van der Waals surface area contributed by atoms with Gasteiger partial charge in [-0.2, -0.15) is 5.10 Å². The van der Waals surface area contributed by atoms with Crippen LogP contribution in [0.15, 0.2) is 6.07 Å². The minimum absolute atomic E-state index is 0.0350. The quantitative estimate of drug-likeness (QED) is 0.583. The summed E-state index contributed by atoms with van der Waals surface area (Å²) in [6, 6.07) is 1.76. The van der Waals surface area contributed by atoms with Crippen LogP contribution >= 0.6 is 0 Å². The van der Waals surface area contributed by atoms with Crippen molar-refractivity contribution in [3.63, 3.8) is 0 Å². The van der Waals surface area contributed by atoms with E-state index in [0.717, 1.165) is 31.4 Å². The van der Waals surface area contributed by atoms with Gasteiger partial charge in [-0.3, -0.25) is 14.3 Å². The third kappa shape index (κ3) is 4.21. The SMILES string of the molecule is CCOC(=O)CC(=O)C1CCC(c2cc(C(=O)OC)nn2C)CC1. The molecule has 0 spiro atoms. The van der Waals surface area contributed by atoms with E-state index in [2.05, 4.69) is 5.10 Å². The molecule has 0 atom stereocenters. The molecular weight excluding hydrogens is 312 g/mol. The summed E-state index contributed by atoms with van der Waals surface area (Å²) in [5.74, 6) is -0.757. The molecule has 1 heterocycles. The monoisotopic (exact) mass is 336 g/mol. The van der Waals surface area contributed by atoms with E-state index in [0.29, 0.717) is 12.3 Å². The van der Waals surface area contributed by atoms with Crippen LogP contribution in [0.2, 0.25) is 0 Å². The zero-order valence-electron chi connectivity index (χ0n) is 14.4. The second-order valence-electron chi connectivity index (χ2n) is 6.07. The highest BCUT2D eigenvalue weighted by Gasteiger charge is 2.30. The van der Waals surface area contributed by atoms with E-state index in [1.807, 2.05) is 0 Å². The number of nitrogens with zero attached hydrogens (tertiary/aromatic N) is 2. The molecule has 1 aromatic heterocycles. The van der Waals surface area contributed by atoms with Crippen molar-refractivity contribution in [3.8, 4) is 0 Å². The zero-order chi connectivity index (χ0) is 17.7. The summed E-state index contributed by atoms with van der Waals surface area (Å²) >= 11 is 0. The number of aryl methyl sites for hydroxylation is 1. The Balaban J connectivity index is 1.93. The lowest BCUT2D eigenvalue weighted by Crippen LogP contribution is -2.24. The average Bonchev–Trinajstić information content (AvgIpc) is 2.96. The normalized spacial score (nSPS) is 20.5. The van der Waals surface area contributed by atoms with Crippen LogP contribution in [-0.4, -0.2) is 41.2 Å². The van der Waals surface area contributed by atoms with Gasteiger partial charge in [0.05, 0.1) is 13.7 Å². The second-order valence-corrected chi connectivity index (χ2v) is 6.07. The standard InChI is InChI=1S/C17H24N2O5/c1-4-24-16(21)10-15(20)12-7-5-11(6-8-12)14-9-13(17(22)23-3)18-19(14)2/h9,11-12H,4-8,10H2,1-3H3. The summed E-state index contributed by atoms with van der Waals surface area (Å²) in [5.41, 5.74) is 1.28. The van der Waals surface area contributed by atoms with Gasteiger partial charge in [0.2, 0.25) is 0 Å². The maximum absolute atomic E-state index is 12.1. The van der Waals surface area contributed by atoms with Gasteiger partial charge in [-0.1, -0.05) is 0 Å². The Morgan fingerprint density at radius 1 is 1.25 bits per heavy atom. The van der Waals surface area contributed by atoms with Crippen molar-refractivity contribution < 1.29 is 23.9 Å². The van der Waals surface area contributed by atoms with Crippen molar-refractivity contribution in [1.29, 1.82) is 0 Å². The lowest BCUT2D eigenvalue weighted by molar-refractivity contribution is -0.146. The van der Waals surface area contributed by atoms with E-state index in [9.17, 15) is 14.4 Å². The first-order valence-corrected chi connectivity index (χ1v) is 8.26. The van der Waals surface area contributed by atoms with Crippen LogP contribution < -0.4 is 0 Å². The lowest BCUT2D eigenvalue weighted by atomic mass is 9.78. The molecule has 1 saturated carbocycles. The first-order chi connectivity index (χ1) is 11.5. The molecule has 1 aliphatic carbocycles. The molecule has 0 aromatic carbocycles. The highest BCUT2D eigenvalue weighted by molar-refractivity contribution is 5.96. The van der Waals surface area contributed by atoms with Gasteiger partial charge in [0.15, 0.2) is 5.69 Å². The fraction of sp³-hybridized carbons (Fsp3) is 0.647. The van der Waals surface area contributed by atoms with E-state index < -0.39 is 11.9 Å². The van der Waals surface area contributed by atoms with Crippen LogP contribution in [0.5, 0.6) is 0 Å². The third-order valence-electron chi connectivity index (χ3n) is 4.54. The molecule has 7 nitrogen and oxygen atoms in total. The Hall–Kier alpha value is -2.18.